The number of aromatic hydroxyl groups is 1. The molecule has 0 spiro atoms. The summed E-state index contributed by atoms with van der Waals surface area (Å²) >= 11 is 5.99. The number of phenolic OH excluding ortho intramolecular Hbond substituents is 1. The minimum absolute atomic E-state index is 0.00404. The molecule has 0 saturated heterocycles. The van der Waals surface area contributed by atoms with Gasteiger partial charge in [0.25, 0.3) is 0 Å². The Morgan fingerprint density at radius 3 is 2.37 bits per heavy atom. The van der Waals surface area contributed by atoms with Gasteiger partial charge >= 0.3 is 5.91 Å². The van der Waals surface area contributed by atoms with Gasteiger partial charge in [-0.3, -0.25) is 4.48 Å². The molecule has 6 heteroatoms. The molecule has 0 unspecified atom stereocenters. The second-order valence-corrected chi connectivity index (χ2v) is 7.88. The van der Waals surface area contributed by atoms with Gasteiger partial charge in [0.1, 0.15) is 25.2 Å². The maximum atomic E-state index is 13.8. The molecule has 0 aliphatic rings. The number of amides is 1. The zero-order chi connectivity index (χ0) is 20.2. The standard InChI is InChI=1S/C21H25ClFN2O2/c1-24(13-5-6-20(27)25(2,3)4)21(15-7-9-16(22)10-8-15)18-14-17(23)11-12-19(18)26/h7-12,14H,5-6,13H2,1-4H3/q+1/p+1. The third-order valence-electron chi connectivity index (χ3n) is 4.35. The third-order valence-corrected chi connectivity index (χ3v) is 4.60. The summed E-state index contributed by atoms with van der Waals surface area (Å²) in [5.74, 6) is -0.288. The highest BCUT2D eigenvalue weighted by Gasteiger charge is 2.23. The van der Waals surface area contributed by atoms with Crippen LogP contribution >= 0.6 is 11.6 Å². The Hall–Kier alpha value is -2.24. The first-order valence-electron chi connectivity index (χ1n) is 8.77. The molecule has 1 N–H and O–H groups in total. The number of hydrogen-bond donors (Lipinski definition) is 1. The summed E-state index contributed by atoms with van der Waals surface area (Å²) in [4.78, 5) is 12.1. The molecule has 1 amide bonds. The summed E-state index contributed by atoms with van der Waals surface area (Å²) in [6.07, 6.45) is 1.09. The zero-order valence-corrected chi connectivity index (χ0v) is 16.9. The number of carbonyl (C=O) groups excluding carboxylic acids is 1. The number of nitrogens with zero attached hydrogens (tertiary/aromatic N) is 2. The van der Waals surface area contributed by atoms with Crippen molar-refractivity contribution >= 4 is 23.2 Å². The summed E-state index contributed by atoms with van der Waals surface area (Å²) < 4.78 is 16.0. The van der Waals surface area contributed by atoms with Crippen LogP contribution in [0.5, 0.6) is 5.75 Å². The molecule has 0 bridgehead atoms. The van der Waals surface area contributed by atoms with Gasteiger partial charge < -0.3 is 5.11 Å². The van der Waals surface area contributed by atoms with Crippen molar-refractivity contribution in [2.45, 2.75) is 12.8 Å². The lowest BCUT2D eigenvalue weighted by Gasteiger charge is -2.20. The van der Waals surface area contributed by atoms with Crippen molar-refractivity contribution in [2.24, 2.45) is 0 Å². The van der Waals surface area contributed by atoms with Gasteiger partial charge in [-0.2, -0.15) is 0 Å². The number of quaternary nitrogens is 1. The van der Waals surface area contributed by atoms with Crippen molar-refractivity contribution in [2.75, 3.05) is 34.7 Å². The van der Waals surface area contributed by atoms with Crippen molar-refractivity contribution in [3.8, 4) is 5.75 Å². The first-order valence-corrected chi connectivity index (χ1v) is 9.15. The molecule has 0 atom stereocenters. The maximum Gasteiger partial charge on any atom is 0.313 e. The lowest BCUT2D eigenvalue weighted by atomic mass is 10.0. The molecule has 2 rings (SSSR count). The molecular weight excluding hydrogens is 367 g/mol. The van der Waals surface area contributed by atoms with E-state index in [9.17, 15) is 14.3 Å². The van der Waals surface area contributed by atoms with E-state index in [1.165, 1.54) is 18.2 Å². The Balaban J connectivity index is 2.39. The smallest absolute Gasteiger partial charge is 0.313 e. The average molecular weight is 393 g/mol. The van der Waals surface area contributed by atoms with E-state index in [2.05, 4.69) is 0 Å². The first-order chi connectivity index (χ1) is 12.6. The predicted octanol–water partition coefficient (Wildman–Crippen LogP) is 3.68. The fraction of sp³-hybridized carbons (Fsp3) is 0.333. The third kappa shape index (κ3) is 5.62. The van der Waals surface area contributed by atoms with Crippen LogP contribution in [0.2, 0.25) is 5.02 Å². The highest BCUT2D eigenvalue weighted by molar-refractivity contribution is 6.30. The van der Waals surface area contributed by atoms with Crippen LogP contribution in [0.3, 0.4) is 0 Å². The van der Waals surface area contributed by atoms with Crippen LogP contribution in [0.15, 0.2) is 42.5 Å². The number of benzene rings is 2. The van der Waals surface area contributed by atoms with Crippen LogP contribution in [0.25, 0.3) is 0 Å². The van der Waals surface area contributed by atoms with E-state index >= 15 is 0 Å². The molecule has 0 heterocycles. The Bertz CT molecular complexity index is 855. The molecule has 144 valence electrons. The van der Waals surface area contributed by atoms with Crippen LogP contribution in [0.4, 0.5) is 4.39 Å². The molecule has 0 aromatic heterocycles. The van der Waals surface area contributed by atoms with E-state index < -0.39 is 5.82 Å². The van der Waals surface area contributed by atoms with E-state index in [0.717, 1.165) is 5.56 Å². The molecule has 0 aliphatic heterocycles. The summed E-state index contributed by atoms with van der Waals surface area (Å²) in [5, 5.41) is 10.9. The van der Waals surface area contributed by atoms with Crippen molar-refractivity contribution < 1.29 is 23.4 Å². The number of hydrogen-bond acceptors (Lipinski definition) is 2. The Labute approximate surface area is 164 Å². The molecule has 27 heavy (non-hydrogen) atoms. The van der Waals surface area contributed by atoms with E-state index in [1.54, 1.807) is 12.1 Å². The van der Waals surface area contributed by atoms with Crippen LogP contribution < -0.4 is 0 Å². The maximum absolute atomic E-state index is 13.8. The Morgan fingerprint density at radius 1 is 1.15 bits per heavy atom. The highest BCUT2D eigenvalue weighted by Crippen LogP contribution is 2.23. The van der Waals surface area contributed by atoms with Crippen LogP contribution in [-0.4, -0.2) is 60.5 Å². The van der Waals surface area contributed by atoms with Crippen molar-refractivity contribution in [1.29, 1.82) is 0 Å². The summed E-state index contributed by atoms with van der Waals surface area (Å²) in [6, 6.07) is 11.0. The average Bonchev–Trinajstić information content (AvgIpc) is 2.59. The monoisotopic (exact) mass is 392 g/mol. The molecule has 0 fully saturated rings. The topological polar surface area (TPSA) is 40.3 Å². The summed E-state index contributed by atoms with van der Waals surface area (Å²) in [7, 11) is 7.41. The molecule has 0 aliphatic carbocycles. The van der Waals surface area contributed by atoms with Gasteiger partial charge in [0.05, 0.1) is 33.1 Å². The first kappa shape index (κ1) is 21.1. The number of carbonyl (C=O) groups is 1. The molecule has 4 nitrogen and oxygen atoms in total. The summed E-state index contributed by atoms with van der Waals surface area (Å²) in [6.45, 7) is 0.583. The molecule has 2 aromatic rings. The minimum atomic E-state index is -0.428. The SMILES string of the molecule is C[N+](CCCC(=O)[N+](C)(C)C)=C(c1ccc(Cl)cc1)c1cc(F)ccc1O. The van der Waals surface area contributed by atoms with Gasteiger partial charge in [-0.25, -0.2) is 13.8 Å². The second-order valence-electron chi connectivity index (χ2n) is 7.45. The van der Waals surface area contributed by atoms with Crippen LogP contribution in [-0.2, 0) is 4.79 Å². The quantitative estimate of drug-likeness (QED) is 0.463. The lowest BCUT2D eigenvalue weighted by Crippen LogP contribution is -2.41. The molecule has 2 aromatic carbocycles. The Morgan fingerprint density at radius 2 is 1.78 bits per heavy atom. The fourth-order valence-electron chi connectivity index (χ4n) is 2.80. The van der Waals surface area contributed by atoms with E-state index in [-0.39, 0.29) is 16.1 Å². The van der Waals surface area contributed by atoms with Crippen molar-refractivity contribution in [1.82, 2.24) is 0 Å². The van der Waals surface area contributed by atoms with Gasteiger partial charge in [0.15, 0.2) is 0 Å². The highest BCUT2D eigenvalue weighted by atomic mass is 35.5. The van der Waals surface area contributed by atoms with E-state index in [4.69, 9.17) is 11.6 Å². The van der Waals surface area contributed by atoms with Gasteiger partial charge in [-0.15, -0.1) is 0 Å². The van der Waals surface area contributed by atoms with Crippen molar-refractivity contribution in [3.63, 3.8) is 0 Å². The van der Waals surface area contributed by atoms with Crippen molar-refractivity contribution in [3.05, 3.63) is 64.4 Å². The van der Waals surface area contributed by atoms with E-state index in [1.807, 2.05) is 44.9 Å². The Kier molecular flexibility index (Phi) is 6.73. The minimum Gasteiger partial charge on any atom is -0.507 e. The summed E-state index contributed by atoms with van der Waals surface area (Å²) in [5.41, 5.74) is 1.89. The van der Waals surface area contributed by atoms with Crippen LogP contribution in [0.1, 0.15) is 24.0 Å². The molecule has 0 radical (unpaired) electrons. The second kappa shape index (κ2) is 8.63. The fourth-order valence-corrected chi connectivity index (χ4v) is 2.93. The zero-order valence-electron chi connectivity index (χ0n) is 16.2. The lowest BCUT2D eigenvalue weighted by molar-refractivity contribution is -0.792. The van der Waals surface area contributed by atoms with Gasteiger partial charge in [0, 0.05) is 17.0 Å². The van der Waals surface area contributed by atoms with Gasteiger partial charge in [0.2, 0.25) is 5.71 Å². The number of halogens is 2. The number of phenols is 1. The van der Waals surface area contributed by atoms with E-state index in [0.29, 0.717) is 35.7 Å². The molecular formula is C21H26ClFN2O2+2. The van der Waals surface area contributed by atoms with Gasteiger partial charge in [-0.1, -0.05) is 11.6 Å². The van der Waals surface area contributed by atoms with Crippen LogP contribution in [0, 0.1) is 5.82 Å². The van der Waals surface area contributed by atoms with Gasteiger partial charge in [-0.05, 0) is 42.5 Å². The predicted molar refractivity (Wildman–Crippen MR) is 106 cm³/mol. The molecule has 0 saturated carbocycles. The number of rotatable bonds is 6. The largest absolute Gasteiger partial charge is 0.507 e. The normalized spacial score (nSPS) is 12.7.